The molecule has 10 heavy (non-hydrogen) atoms. The lowest BCUT2D eigenvalue weighted by atomic mass is 10.1. The van der Waals surface area contributed by atoms with Crippen LogP contribution in [-0.4, -0.2) is 27.8 Å². The molecular weight excluding hydrogens is 134 g/mol. The maximum absolute atomic E-state index is 9.30. The van der Waals surface area contributed by atoms with Crippen LogP contribution in [0.15, 0.2) is 0 Å². The second-order valence-electron chi connectivity index (χ2n) is 2.37. The molecule has 0 saturated carbocycles. The standard InChI is InChI=1S/C6H15NO3/c1-2-3-6(9,7-10)4-5-8/h7-10H,2-5H2,1H3. The van der Waals surface area contributed by atoms with Gasteiger partial charge in [0.25, 0.3) is 0 Å². The van der Waals surface area contributed by atoms with Crippen LogP contribution in [0.5, 0.6) is 0 Å². The van der Waals surface area contributed by atoms with Crippen molar-refractivity contribution in [3.63, 3.8) is 0 Å². The van der Waals surface area contributed by atoms with Crippen molar-refractivity contribution >= 4 is 0 Å². The average molecular weight is 149 g/mol. The van der Waals surface area contributed by atoms with E-state index in [-0.39, 0.29) is 13.0 Å². The molecule has 1 atom stereocenters. The van der Waals surface area contributed by atoms with Gasteiger partial charge in [-0.1, -0.05) is 13.3 Å². The summed E-state index contributed by atoms with van der Waals surface area (Å²) in [6.45, 7) is 1.75. The zero-order valence-corrected chi connectivity index (χ0v) is 6.17. The van der Waals surface area contributed by atoms with Gasteiger partial charge in [-0.25, -0.2) is 0 Å². The molecule has 0 aliphatic heterocycles. The first-order valence-corrected chi connectivity index (χ1v) is 3.43. The van der Waals surface area contributed by atoms with Gasteiger partial charge in [0, 0.05) is 13.0 Å². The van der Waals surface area contributed by atoms with Crippen molar-refractivity contribution in [3.05, 3.63) is 0 Å². The molecule has 0 heterocycles. The van der Waals surface area contributed by atoms with Crippen molar-refractivity contribution in [1.29, 1.82) is 0 Å². The Balaban J connectivity index is 3.69. The topological polar surface area (TPSA) is 72.7 Å². The number of hydroxylamine groups is 1. The summed E-state index contributed by atoms with van der Waals surface area (Å²) in [5.41, 5.74) is 0.474. The van der Waals surface area contributed by atoms with Crippen molar-refractivity contribution in [2.24, 2.45) is 0 Å². The Morgan fingerprint density at radius 1 is 1.40 bits per heavy atom. The zero-order chi connectivity index (χ0) is 8.04. The summed E-state index contributed by atoms with van der Waals surface area (Å²) >= 11 is 0. The highest BCUT2D eigenvalue weighted by Gasteiger charge is 2.23. The number of nitrogens with one attached hydrogen (secondary N) is 1. The fourth-order valence-electron chi connectivity index (χ4n) is 0.835. The van der Waals surface area contributed by atoms with Crippen LogP contribution >= 0.6 is 0 Å². The average Bonchev–Trinajstić information content (AvgIpc) is 1.89. The van der Waals surface area contributed by atoms with Crippen LogP contribution in [0.2, 0.25) is 0 Å². The minimum Gasteiger partial charge on any atom is -0.396 e. The Labute approximate surface area is 60.5 Å². The summed E-state index contributed by atoms with van der Waals surface area (Å²) in [6, 6.07) is 0. The Hall–Kier alpha value is -0.160. The van der Waals surface area contributed by atoms with Crippen LogP contribution in [0, 0.1) is 0 Å². The molecule has 0 aliphatic carbocycles. The molecule has 0 aromatic carbocycles. The summed E-state index contributed by atoms with van der Waals surface area (Å²) < 4.78 is 0. The second-order valence-corrected chi connectivity index (χ2v) is 2.37. The predicted octanol–water partition coefficient (Wildman–Crippen LogP) is -0.164. The first kappa shape index (κ1) is 9.84. The largest absolute Gasteiger partial charge is 0.396 e. The van der Waals surface area contributed by atoms with Gasteiger partial charge >= 0.3 is 0 Å². The predicted molar refractivity (Wildman–Crippen MR) is 36.5 cm³/mol. The van der Waals surface area contributed by atoms with E-state index in [9.17, 15) is 5.11 Å². The first-order chi connectivity index (χ1) is 4.68. The Morgan fingerprint density at radius 2 is 2.00 bits per heavy atom. The number of aliphatic hydroxyl groups is 2. The molecule has 0 aromatic heterocycles. The van der Waals surface area contributed by atoms with E-state index in [0.29, 0.717) is 6.42 Å². The van der Waals surface area contributed by atoms with Crippen molar-refractivity contribution < 1.29 is 15.4 Å². The molecule has 0 amide bonds. The number of hydrogen-bond acceptors (Lipinski definition) is 4. The number of rotatable bonds is 5. The highest BCUT2D eigenvalue weighted by molar-refractivity contribution is 4.69. The lowest BCUT2D eigenvalue weighted by Crippen LogP contribution is -2.43. The molecular formula is C6H15NO3. The minimum atomic E-state index is -1.30. The minimum absolute atomic E-state index is 0.135. The Morgan fingerprint density at radius 3 is 2.30 bits per heavy atom. The molecule has 0 radical (unpaired) electrons. The van der Waals surface area contributed by atoms with Gasteiger partial charge in [-0.15, -0.1) is 0 Å². The zero-order valence-electron chi connectivity index (χ0n) is 6.17. The Kier molecular flexibility index (Phi) is 4.55. The molecule has 0 bridgehead atoms. The van der Waals surface area contributed by atoms with Crippen LogP contribution in [0.4, 0.5) is 0 Å². The summed E-state index contributed by atoms with van der Waals surface area (Å²) in [6.07, 6.45) is 1.34. The van der Waals surface area contributed by atoms with Gasteiger partial charge in [-0.05, 0) is 6.42 Å². The lowest BCUT2D eigenvalue weighted by Gasteiger charge is -2.24. The van der Waals surface area contributed by atoms with Crippen LogP contribution in [0.25, 0.3) is 0 Å². The van der Waals surface area contributed by atoms with E-state index in [0.717, 1.165) is 6.42 Å². The number of hydrogen-bond donors (Lipinski definition) is 4. The van der Waals surface area contributed by atoms with Gasteiger partial charge in [0.05, 0.1) is 0 Å². The monoisotopic (exact) mass is 149 g/mol. The van der Waals surface area contributed by atoms with Gasteiger partial charge < -0.3 is 15.4 Å². The summed E-state index contributed by atoms with van der Waals surface area (Å²) in [4.78, 5) is 0. The molecule has 0 fully saturated rings. The summed E-state index contributed by atoms with van der Waals surface area (Å²) in [7, 11) is 0. The van der Waals surface area contributed by atoms with Gasteiger partial charge in [-0.3, -0.25) is 0 Å². The van der Waals surface area contributed by atoms with E-state index in [2.05, 4.69) is 0 Å². The molecule has 1 unspecified atom stereocenters. The molecule has 0 spiro atoms. The number of aliphatic hydroxyl groups excluding tert-OH is 1. The van der Waals surface area contributed by atoms with Gasteiger partial charge in [0.2, 0.25) is 0 Å². The molecule has 4 heteroatoms. The molecule has 4 nitrogen and oxygen atoms in total. The van der Waals surface area contributed by atoms with Crippen LogP contribution in [-0.2, 0) is 0 Å². The summed E-state index contributed by atoms with van der Waals surface area (Å²) in [5.74, 6) is 0. The first-order valence-electron chi connectivity index (χ1n) is 3.43. The van der Waals surface area contributed by atoms with E-state index < -0.39 is 5.72 Å². The van der Waals surface area contributed by atoms with Gasteiger partial charge in [0.1, 0.15) is 5.72 Å². The molecule has 0 saturated heterocycles. The third-order valence-corrected chi connectivity index (χ3v) is 1.40. The maximum atomic E-state index is 9.30. The van der Waals surface area contributed by atoms with Crippen LogP contribution in [0.3, 0.4) is 0 Å². The SMILES string of the molecule is CCCC(O)(CCO)NO. The fourth-order valence-corrected chi connectivity index (χ4v) is 0.835. The fraction of sp³-hybridized carbons (Fsp3) is 1.00. The summed E-state index contributed by atoms with van der Waals surface area (Å²) in [5, 5.41) is 26.2. The molecule has 0 aromatic rings. The lowest BCUT2D eigenvalue weighted by molar-refractivity contribution is -0.110. The normalized spacial score (nSPS) is 16.8. The van der Waals surface area contributed by atoms with Crippen molar-refractivity contribution in [3.8, 4) is 0 Å². The molecule has 4 N–H and O–H groups in total. The quantitative estimate of drug-likeness (QED) is 0.323. The van der Waals surface area contributed by atoms with Crippen LogP contribution < -0.4 is 5.48 Å². The molecule has 0 rings (SSSR count). The molecule has 62 valence electrons. The highest BCUT2D eigenvalue weighted by Crippen LogP contribution is 2.11. The van der Waals surface area contributed by atoms with Crippen molar-refractivity contribution in [2.45, 2.75) is 31.9 Å². The van der Waals surface area contributed by atoms with E-state index in [1.165, 1.54) is 0 Å². The second kappa shape index (κ2) is 4.62. The third-order valence-electron chi connectivity index (χ3n) is 1.40. The van der Waals surface area contributed by atoms with Gasteiger partial charge in [-0.2, -0.15) is 5.48 Å². The van der Waals surface area contributed by atoms with E-state index in [4.69, 9.17) is 10.3 Å². The maximum Gasteiger partial charge on any atom is 0.139 e. The van der Waals surface area contributed by atoms with Crippen molar-refractivity contribution in [1.82, 2.24) is 5.48 Å². The van der Waals surface area contributed by atoms with E-state index >= 15 is 0 Å². The van der Waals surface area contributed by atoms with Gasteiger partial charge in [0.15, 0.2) is 0 Å². The van der Waals surface area contributed by atoms with Crippen molar-refractivity contribution in [2.75, 3.05) is 6.61 Å². The third kappa shape index (κ3) is 3.12. The smallest absolute Gasteiger partial charge is 0.139 e. The Bertz CT molecular complexity index is 81.1. The van der Waals surface area contributed by atoms with E-state index in [1.54, 1.807) is 5.48 Å². The molecule has 0 aliphatic rings. The highest BCUT2D eigenvalue weighted by atomic mass is 16.5. The van der Waals surface area contributed by atoms with E-state index in [1.807, 2.05) is 6.92 Å². The van der Waals surface area contributed by atoms with Crippen LogP contribution in [0.1, 0.15) is 26.2 Å².